The zero-order valence-corrected chi connectivity index (χ0v) is 23.4. The predicted molar refractivity (Wildman–Crippen MR) is 154 cm³/mol. The van der Waals surface area contributed by atoms with E-state index in [0.29, 0.717) is 43.4 Å². The number of anilines is 1. The van der Waals surface area contributed by atoms with Crippen LogP contribution in [0.5, 0.6) is 5.75 Å². The molecule has 0 unspecified atom stereocenters. The molecule has 1 aromatic heterocycles. The van der Waals surface area contributed by atoms with Gasteiger partial charge in [0.1, 0.15) is 5.75 Å². The number of para-hydroxylation sites is 1. The summed E-state index contributed by atoms with van der Waals surface area (Å²) in [5.74, 6) is 0.706. The van der Waals surface area contributed by atoms with Crippen LogP contribution in [0.3, 0.4) is 0 Å². The van der Waals surface area contributed by atoms with Gasteiger partial charge in [-0.1, -0.05) is 55.8 Å². The van der Waals surface area contributed by atoms with Crippen molar-refractivity contribution in [3.8, 4) is 5.75 Å². The number of aryl methyl sites for hydroxylation is 3. The first-order valence-electron chi connectivity index (χ1n) is 14.3. The largest absolute Gasteiger partial charge is 0.496 e. The van der Waals surface area contributed by atoms with E-state index in [1.165, 1.54) is 11.8 Å². The molecule has 1 amide bonds. The highest BCUT2D eigenvalue weighted by atomic mass is 16.5. The quantitative estimate of drug-likeness (QED) is 0.423. The molecule has 0 bridgehead atoms. The lowest BCUT2D eigenvalue weighted by Crippen LogP contribution is -2.45. The highest BCUT2D eigenvalue weighted by molar-refractivity contribution is 5.88. The van der Waals surface area contributed by atoms with Crippen molar-refractivity contribution in [2.24, 2.45) is 5.92 Å². The van der Waals surface area contributed by atoms with Crippen LogP contribution in [0.15, 0.2) is 54.7 Å². The van der Waals surface area contributed by atoms with Gasteiger partial charge in [0, 0.05) is 31.4 Å². The van der Waals surface area contributed by atoms with Crippen LogP contribution in [-0.4, -0.2) is 64.6 Å². The molecule has 0 radical (unpaired) electrons. The molecule has 0 spiro atoms. The first-order valence-corrected chi connectivity index (χ1v) is 14.3. The summed E-state index contributed by atoms with van der Waals surface area (Å²) in [5, 5.41) is 9.79. The molecule has 2 saturated heterocycles. The Morgan fingerprint density at radius 1 is 1.02 bits per heavy atom. The summed E-state index contributed by atoms with van der Waals surface area (Å²) < 4.78 is 5.48. The van der Waals surface area contributed by atoms with Gasteiger partial charge in [0.25, 0.3) is 0 Å². The number of nitrogens with zero attached hydrogens (tertiary/aromatic N) is 4. The lowest BCUT2D eigenvalue weighted by Gasteiger charge is -2.30. The normalized spacial score (nSPS) is 18.8. The van der Waals surface area contributed by atoms with Crippen molar-refractivity contribution in [1.29, 1.82) is 0 Å². The maximum Gasteiger partial charge on any atom is 0.339 e. The van der Waals surface area contributed by atoms with Gasteiger partial charge in [0.2, 0.25) is 11.9 Å². The fourth-order valence-corrected chi connectivity index (χ4v) is 6.06. The number of rotatable bonds is 9. The minimum atomic E-state index is -1.01. The Hall–Kier alpha value is -3.94. The Morgan fingerprint density at radius 3 is 2.55 bits per heavy atom. The van der Waals surface area contributed by atoms with E-state index in [4.69, 9.17) is 9.72 Å². The summed E-state index contributed by atoms with van der Waals surface area (Å²) >= 11 is 0. The topological polar surface area (TPSA) is 95.9 Å². The number of carboxylic acids is 1. The second-order valence-electron chi connectivity index (χ2n) is 10.8. The standard InChI is InChI=1S/C32H38N4O4/c1-3-22-11-13-23(14-12-22)15-16-27-26(31(38)39)19-33-32(34-27)35-20-25-9-6-7-17-36(28(25)21-35)30(37)18-24-8-4-5-10-29(24)40-2/h4-5,8,10-14,19,25,28H,3,6-7,9,15-18,20-21H2,1-2H3,(H,38,39)/t25-,28-/m1/s1. The monoisotopic (exact) mass is 542 g/mol. The predicted octanol–water partition coefficient (Wildman–Crippen LogP) is 4.59. The fraction of sp³-hybridized carbons (Fsp3) is 0.438. The number of hydrogen-bond donors (Lipinski definition) is 1. The number of benzene rings is 2. The van der Waals surface area contributed by atoms with Crippen LogP contribution in [-0.2, 0) is 30.5 Å². The van der Waals surface area contributed by atoms with Crippen molar-refractivity contribution in [2.45, 2.75) is 57.9 Å². The minimum Gasteiger partial charge on any atom is -0.496 e. The number of amides is 1. The van der Waals surface area contributed by atoms with E-state index in [1.54, 1.807) is 7.11 Å². The number of aromatic carboxylic acids is 1. The molecule has 8 heteroatoms. The molecule has 40 heavy (non-hydrogen) atoms. The maximum atomic E-state index is 13.6. The summed E-state index contributed by atoms with van der Waals surface area (Å²) in [6.07, 6.45) is 7.09. The number of ether oxygens (including phenoxy) is 1. The van der Waals surface area contributed by atoms with Crippen LogP contribution in [0.25, 0.3) is 0 Å². The Balaban J connectivity index is 1.33. The SMILES string of the molecule is CCc1ccc(CCc2nc(N3C[C@H]4CCCCN(C(=O)Cc5ccccc5OC)[C@@H]4C3)ncc2C(=O)O)cc1. The number of likely N-dealkylation sites (tertiary alicyclic amines) is 1. The van der Waals surface area contributed by atoms with Crippen LogP contribution in [0.1, 0.15) is 58.9 Å². The zero-order valence-electron chi connectivity index (χ0n) is 23.4. The molecule has 8 nitrogen and oxygen atoms in total. The third kappa shape index (κ3) is 6.11. The maximum absolute atomic E-state index is 13.6. The molecular formula is C32H38N4O4. The number of aromatic nitrogens is 2. The Labute approximate surface area is 236 Å². The zero-order chi connectivity index (χ0) is 28.1. The van der Waals surface area contributed by atoms with E-state index >= 15 is 0 Å². The smallest absolute Gasteiger partial charge is 0.339 e. The summed E-state index contributed by atoms with van der Waals surface area (Å²) in [6.45, 7) is 4.27. The number of carbonyl (C=O) groups is 2. The van der Waals surface area contributed by atoms with Crippen molar-refractivity contribution in [1.82, 2.24) is 14.9 Å². The Kier molecular flexibility index (Phi) is 8.63. The lowest BCUT2D eigenvalue weighted by molar-refractivity contribution is -0.132. The van der Waals surface area contributed by atoms with Crippen LogP contribution >= 0.6 is 0 Å². The van der Waals surface area contributed by atoms with E-state index < -0.39 is 5.97 Å². The van der Waals surface area contributed by atoms with Gasteiger partial charge in [-0.2, -0.15) is 0 Å². The van der Waals surface area contributed by atoms with Crippen molar-refractivity contribution in [2.75, 3.05) is 31.6 Å². The van der Waals surface area contributed by atoms with Crippen LogP contribution in [0.4, 0.5) is 5.95 Å². The molecule has 1 N–H and O–H groups in total. The molecule has 2 atom stereocenters. The number of carboxylic acid groups (broad SMARTS) is 1. The molecule has 0 aliphatic carbocycles. The van der Waals surface area contributed by atoms with E-state index in [9.17, 15) is 14.7 Å². The molecule has 2 aliphatic heterocycles. The van der Waals surface area contributed by atoms with Crippen LogP contribution < -0.4 is 9.64 Å². The summed E-state index contributed by atoms with van der Waals surface area (Å²) in [7, 11) is 1.63. The first-order chi connectivity index (χ1) is 19.5. The van der Waals surface area contributed by atoms with Gasteiger partial charge in [-0.25, -0.2) is 14.8 Å². The average molecular weight is 543 g/mol. The van der Waals surface area contributed by atoms with Crippen LogP contribution in [0.2, 0.25) is 0 Å². The van der Waals surface area contributed by atoms with Gasteiger partial charge in [0.15, 0.2) is 0 Å². The number of carbonyl (C=O) groups excluding carboxylic acids is 1. The van der Waals surface area contributed by atoms with Gasteiger partial charge in [-0.3, -0.25) is 4.79 Å². The van der Waals surface area contributed by atoms with Gasteiger partial charge >= 0.3 is 5.97 Å². The Bertz CT molecular complexity index is 1340. The van der Waals surface area contributed by atoms with E-state index in [-0.39, 0.29) is 17.5 Å². The summed E-state index contributed by atoms with van der Waals surface area (Å²) in [5.41, 5.74) is 4.03. The van der Waals surface area contributed by atoms with E-state index in [1.807, 2.05) is 24.3 Å². The molecule has 3 heterocycles. The third-order valence-corrected chi connectivity index (χ3v) is 8.34. The Morgan fingerprint density at radius 2 is 1.80 bits per heavy atom. The minimum absolute atomic E-state index is 0.0768. The number of methoxy groups -OCH3 is 1. The fourth-order valence-electron chi connectivity index (χ4n) is 6.06. The summed E-state index contributed by atoms with van der Waals surface area (Å²) in [6, 6.07) is 16.2. The molecule has 2 fully saturated rings. The second-order valence-corrected chi connectivity index (χ2v) is 10.8. The van der Waals surface area contributed by atoms with Gasteiger partial charge in [-0.05, 0) is 55.2 Å². The van der Waals surface area contributed by atoms with Crippen molar-refractivity contribution in [3.05, 3.63) is 82.7 Å². The average Bonchev–Trinajstić information content (AvgIpc) is 3.29. The highest BCUT2D eigenvalue weighted by Gasteiger charge is 2.40. The molecule has 3 aromatic rings. The van der Waals surface area contributed by atoms with Crippen LogP contribution in [0, 0.1) is 5.92 Å². The van der Waals surface area contributed by atoms with Crippen molar-refractivity contribution in [3.63, 3.8) is 0 Å². The van der Waals surface area contributed by atoms with Gasteiger partial charge < -0.3 is 19.6 Å². The number of hydrogen-bond acceptors (Lipinski definition) is 6. The van der Waals surface area contributed by atoms with E-state index in [0.717, 1.165) is 55.6 Å². The molecule has 2 aliphatic rings. The van der Waals surface area contributed by atoms with Gasteiger partial charge in [0.05, 0.1) is 30.8 Å². The van der Waals surface area contributed by atoms with Crippen molar-refractivity contribution >= 4 is 17.8 Å². The molecular weight excluding hydrogens is 504 g/mol. The molecule has 0 saturated carbocycles. The first kappa shape index (κ1) is 27.6. The second kappa shape index (κ2) is 12.5. The van der Waals surface area contributed by atoms with Gasteiger partial charge in [-0.15, -0.1) is 0 Å². The number of fused-ring (bicyclic) bond motifs is 1. The summed E-state index contributed by atoms with van der Waals surface area (Å²) in [4.78, 5) is 39.0. The van der Waals surface area contributed by atoms with E-state index in [2.05, 4.69) is 46.0 Å². The third-order valence-electron chi connectivity index (χ3n) is 8.34. The molecule has 5 rings (SSSR count). The molecule has 210 valence electrons. The highest BCUT2D eigenvalue weighted by Crippen LogP contribution is 2.33. The van der Waals surface area contributed by atoms with Crippen molar-refractivity contribution < 1.29 is 19.4 Å². The lowest BCUT2D eigenvalue weighted by atomic mass is 9.98. The molecule has 2 aromatic carbocycles.